The number of rotatable bonds is 4. The number of amides is 1. The summed E-state index contributed by atoms with van der Waals surface area (Å²) < 4.78 is 1.97. The van der Waals surface area contributed by atoms with E-state index in [0.717, 1.165) is 46.5 Å². The molecule has 2 saturated carbocycles. The van der Waals surface area contributed by atoms with Gasteiger partial charge >= 0.3 is 0 Å². The van der Waals surface area contributed by atoms with Gasteiger partial charge in [0.2, 0.25) is 11.9 Å². The average molecular weight is 388 g/mol. The molecule has 1 amide bonds. The number of aromatic nitrogens is 6. The van der Waals surface area contributed by atoms with Crippen molar-refractivity contribution in [1.29, 1.82) is 0 Å². The van der Waals surface area contributed by atoms with Crippen LogP contribution in [0.2, 0.25) is 0 Å². The Morgan fingerprint density at radius 3 is 3.03 bits per heavy atom. The summed E-state index contributed by atoms with van der Waals surface area (Å²) in [4.78, 5) is 23.8. The van der Waals surface area contributed by atoms with Gasteiger partial charge in [-0.2, -0.15) is 4.98 Å². The van der Waals surface area contributed by atoms with Crippen LogP contribution in [0.4, 0.5) is 5.95 Å². The van der Waals surface area contributed by atoms with Gasteiger partial charge in [0.25, 0.3) is 0 Å². The first-order valence-electron chi connectivity index (χ1n) is 9.74. The van der Waals surface area contributed by atoms with Crippen molar-refractivity contribution in [1.82, 2.24) is 34.9 Å². The minimum absolute atomic E-state index is 0.0200. The summed E-state index contributed by atoms with van der Waals surface area (Å²) in [6.07, 6.45) is 7.79. The van der Waals surface area contributed by atoms with Crippen LogP contribution in [0, 0.1) is 12.8 Å². The number of hydrogen-bond donors (Lipinski definition) is 3. The van der Waals surface area contributed by atoms with E-state index in [0.29, 0.717) is 17.9 Å². The van der Waals surface area contributed by atoms with Crippen molar-refractivity contribution in [3.8, 4) is 11.1 Å². The van der Waals surface area contributed by atoms with Gasteiger partial charge in [0.05, 0.1) is 0 Å². The van der Waals surface area contributed by atoms with Crippen molar-refractivity contribution in [3.63, 3.8) is 0 Å². The Morgan fingerprint density at radius 1 is 1.31 bits per heavy atom. The Morgan fingerprint density at radius 2 is 2.21 bits per heavy atom. The van der Waals surface area contributed by atoms with Gasteiger partial charge in [-0.15, -0.1) is 10.2 Å². The second kappa shape index (κ2) is 5.53. The molecule has 0 radical (unpaired) electrons. The minimum atomic E-state index is 0.0200. The lowest BCUT2D eigenvalue weighted by molar-refractivity contribution is -0.120. The fourth-order valence-electron chi connectivity index (χ4n) is 4.71. The molecule has 9 nitrogen and oxygen atoms in total. The first-order chi connectivity index (χ1) is 14.0. The van der Waals surface area contributed by atoms with Crippen LogP contribution >= 0.6 is 0 Å². The van der Waals surface area contributed by atoms with Crippen molar-refractivity contribution in [3.05, 3.63) is 36.5 Å². The third-order valence-electron chi connectivity index (χ3n) is 6.26. The van der Waals surface area contributed by atoms with E-state index in [9.17, 15) is 4.79 Å². The number of nitrogens with zero attached hydrogens (tertiary/aromatic N) is 5. The van der Waals surface area contributed by atoms with Gasteiger partial charge in [-0.3, -0.25) is 9.20 Å². The number of aryl methyl sites for hydroxylation is 1. The molecule has 0 saturated heterocycles. The van der Waals surface area contributed by atoms with E-state index in [1.807, 2.05) is 42.0 Å². The Hall–Kier alpha value is -3.49. The third kappa shape index (κ3) is 2.43. The van der Waals surface area contributed by atoms with Gasteiger partial charge in [-0.1, -0.05) is 0 Å². The highest BCUT2D eigenvalue weighted by molar-refractivity contribution is 5.93. The molecule has 1 unspecified atom stereocenters. The van der Waals surface area contributed by atoms with Crippen LogP contribution in [-0.2, 0) is 4.79 Å². The number of hydrogen-bond acceptors (Lipinski definition) is 6. The molecule has 0 spiro atoms. The normalized spacial score (nSPS) is 24.9. The average Bonchev–Trinajstić information content (AvgIpc) is 3.00. The van der Waals surface area contributed by atoms with Gasteiger partial charge in [-0.25, -0.2) is 4.98 Å². The molecule has 0 aromatic carbocycles. The van der Waals surface area contributed by atoms with Crippen LogP contribution in [0.1, 0.15) is 25.6 Å². The molecule has 29 heavy (non-hydrogen) atoms. The summed E-state index contributed by atoms with van der Waals surface area (Å²) in [5.41, 5.74) is 3.72. The molecule has 2 fully saturated rings. The van der Waals surface area contributed by atoms with Gasteiger partial charge < -0.3 is 15.6 Å². The van der Waals surface area contributed by atoms with Crippen LogP contribution in [0.5, 0.6) is 0 Å². The van der Waals surface area contributed by atoms with Crippen molar-refractivity contribution in [2.24, 2.45) is 5.92 Å². The molecule has 146 valence electrons. The van der Waals surface area contributed by atoms with E-state index < -0.39 is 0 Å². The molecule has 4 aromatic rings. The fourth-order valence-corrected chi connectivity index (χ4v) is 4.71. The number of aromatic amines is 1. The molecule has 2 aliphatic rings. The fraction of sp³-hybridized carbons (Fsp3) is 0.350. The molecule has 3 atom stereocenters. The lowest BCUT2D eigenvalue weighted by Crippen LogP contribution is -2.51. The van der Waals surface area contributed by atoms with Gasteiger partial charge in [0, 0.05) is 59.5 Å². The zero-order chi connectivity index (χ0) is 19.8. The van der Waals surface area contributed by atoms with Crippen molar-refractivity contribution < 1.29 is 4.79 Å². The summed E-state index contributed by atoms with van der Waals surface area (Å²) in [6, 6.07) is 4.30. The van der Waals surface area contributed by atoms with Crippen LogP contribution in [-0.4, -0.2) is 47.0 Å². The smallest absolute Gasteiger partial charge is 0.224 e. The second-order valence-electron chi connectivity index (χ2n) is 8.15. The maximum absolute atomic E-state index is 11.3. The van der Waals surface area contributed by atoms with Crippen molar-refractivity contribution >= 4 is 28.5 Å². The number of carbonyl (C=O) groups excluding carboxylic acids is 1. The number of fused-ring (bicyclic) bond motifs is 3. The van der Waals surface area contributed by atoms with Crippen LogP contribution in [0.25, 0.3) is 27.8 Å². The van der Waals surface area contributed by atoms with E-state index in [1.165, 1.54) is 0 Å². The first-order valence-corrected chi connectivity index (χ1v) is 9.74. The summed E-state index contributed by atoms with van der Waals surface area (Å²) in [7, 11) is 0. The monoisotopic (exact) mass is 388 g/mol. The van der Waals surface area contributed by atoms with E-state index in [2.05, 4.69) is 35.8 Å². The third-order valence-corrected chi connectivity index (χ3v) is 6.26. The zero-order valence-electron chi connectivity index (χ0n) is 16.1. The molecule has 6 rings (SSSR count). The topological polar surface area (TPSA) is 113 Å². The van der Waals surface area contributed by atoms with E-state index in [1.54, 1.807) is 6.92 Å². The quantitative estimate of drug-likeness (QED) is 0.493. The highest BCUT2D eigenvalue weighted by atomic mass is 16.1. The highest BCUT2D eigenvalue weighted by Gasteiger charge is 2.68. The van der Waals surface area contributed by atoms with Crippen molar-refractivity contribution in [2.75, 3.05) is 5.32 Å². The number of anilines is 1. The van der Waals surface area contributed by atoms with Crippen LogP contribution in [0.3, 0.4) is 0 Å². The molecule has 4 heterocycles. The summed E-state index contributed by atoms with van der Waals surface area (Å²) >= 11 is 0. The molecule has 9 heteroatoms. The SMILES string of the molecule is CC(=O)N[C@@]12CC1[C@@H](Nc1ncc3c(-c4ccc5nnc(C)n5c4)c[nH]c3n1)C2. The second-order valence-corrected chi connectivity index (χ2v) is 8.15. The van der Waals surface area contributed by atoms with Crippen LogP contribution in [0.15, 0.2) is 30.7 Å². The Labute approximate surface area is 166 Å². The van der Waals surface area contributed by atoms with Gasteiger partial charge in [0.1, 0.15) is 11.5 Å². The highest BCUT2D eigenvalue weighted by Crippen LogP contribution is 2.60. The maximum atomic E-state index is 11.3. The Kier molecular flexibility index (Phi) is 3.14. The number of nitrogens with one attached hydrogen (secondary N) is 3. The zero-order valence-corrected chi connectivity index (χ0v) is 16.1. The maximum Gasteiger partial charge on any atom is 0.224 e. The molecular weight excluding hydrogens is 368 g/mol. The molecule has 0 bridgehead atoms. The lowest BCUT2D eigenvalue weighted by atomic mass is 9.87. The van der Waals surface area contributed by atoms with Crippen LogP contribution < -0.4 is 10.6 Å². The van der Waals surface area contributed by atoms with Crippen molar-refractivity contribution in [2.45, 2.75) is 38.3 Å². The summed E-state index contributed by atoms with van der Waals surface area (Å²) in [5.74, 6) is 1.98. The first kappa shape index (κ1) is 16.5. The molecular formula is C20H20N8O. The minimum Gasteiger partial charge on any atom is -0.351 e. The molecule has 4 aromatic heterocycles. The predicted octanol–water partition coefficient (Wildman–Crippen LogP) is 2.06. The standard InChI is InChI=1S/C20H20N8O/c1-10-26-27-17-4-3-12(9-28(10)17)13-7-21-18-14(13)8-22-19(24-18)23-16-6-20(5-15(16)20)25-11(2)29/h3-4,7-9,15-16H,5-6H2,1-2H3,(H,25,29)(H2,21,22,23,24)/t15?,16-,20+/m0/s1. The molecule has 3 N–H and O–H groups in total. The summed E-state index contributed by atoms with van der Waals surface area (Å²) in [5, 5.41) is 15.7. The largest absolute Gasteiger partial charge is 0.351 e. The van der Waals surface area contributed by atoms with E-state index in [4.69, 9.17) is 0 Å². The summed E-state index contributed by atoms with van der Waals surface area (Å²) in [6.45, 7) is 3.51. The molecule has 2 aliphatic carbocycles. The van der Waals surface area contributed by atoms with Gasteiger partial charge in [-0.05, 0) is 31.9 Å². The van der Waals surface area contributed by atoms with E-state index >= 15 is 0 Å². The number of H-pyrrole nitrogens is 1. The number of carbonyl (C=O) groups is 1. The Balaban J connectivity index is 1.25. The molecule has 0 aliphatic heterocycles. The Bertz CT molecular complexity index is 1290. The number of pyridine rings is 1. The van der Waals surface area contributed by atoms with Gasteiger partial charge in [0.15, 0.2) is 5.65 Å². The van der Waals surface area contributed by atoms with E-state index in [-0.39, 0.29) is 11.4 Å². The predicted molar refractivity (Wildman–Crippen MR) is 107 cm³/mol. The lowest BCUT2D eigenvalue weighted by Gasteiger charge is -2.35.